The molecule has 118 valence electrons. The first kappa shape index (κ1) is 17.0. The molecular formula is C18H26BrFO. The molecule has 1 fully saturated rings. The first-order chi connectivity index (χ1) is 10.1. The molecule has 1 saturated carbocycles. The summed E-state index contributed by atoms with van der Waals surface area (Å²) in [7, 11) is 0. The maximum Gasteiger partial charge on any atom is 0.123 e. The summed E-state index contributed by atoms with van der Waals surface area (Å²) in [4.78, 5) is 0. The standard InChI is InChI=1S/C18H26BrFO/c1-2-3-4-14-7-9-18(13-21,10-8-14)12-15-11-16(20)5-6-17(15)19/h5-6,11,14,21H,2-4,7-10,12-13H2,1H3. The minimum absolute atomic E-state index is 0.0565. The Balaban J connectivity index is 2.01. The van der Waals surface area contributed by atoms with E-state index in [1.165, 1.54) is 38.2 Å². The van der Waals surface area contributed by atoms with Crippen molar-refractivity contribution in [2.24, 2.45) is 11.3 Å². The van der Waals surface area contributed by atoms with E-state index in [0.29, 0.717) is 0 Å². The molecule has 0 spiro atoms. The lowest BCUT2D eigenvalue weighted by Gasteiger charge is -2.39. The summed E-state index contributed by atoms with van der Waals surface area (Å²) in [5.74, 6) is 0.624. The summed E-state index contributed by atoms with van der Waals surface area (Å²) < 4.78 is 14.4. The average Bonchev–Trinajstić information content (AvgIpc) is 2.50. The smallest absolute Gasteiger partial charge is 0.123 e. The molecule has 1 aromatic rings. The zero-order chi connectivity index (χ0) is 15.3. The SMILES string of the molecule is CCCCC1CCC(CO)(Cc2cc(F)ccc2Br)CC1. The van der Waals surface area contributed by atoms with Crippen LogP contribution in [0.2, 0.25) is 0 Å². The molecule has 0 bridgehead atoms. The third-order valence-corrected chi connectivity index (χ3v) is 5.81. The second kappa shape index (κ2) is 7.73. The summed E-state index contributed by atoms with van der Waals surface area (Å²) >= 11 is 3.51. The van der Waals surface area contributed by atoms with E-state index >= 15 is 0 Å². The lowest BCUT2D eigenvalue weighted by atomic mass is 9.67. The number of hydrogen-bond donors (Lipinski definition) is 1. The lowest BCUT2D eigenvalue weighted by Crippen LogP contribution is -2.33. The fourth-order valence-corrected chi connectivity index (χ4v) is 3.93. The Morgan fingerprint density at radius 3 is 2.67 bits per heavy atom. The van der Waals surface area contributed by atoms with E-state index in [-0.39, 0.29) is 17.8 Å². The number of benzene rings is 1. The van der Waals surface area contributed by atoms with Gasteiger partial charge in [-0.2, -0.15) is 0 Å². The number of hydrogen-bond acceptors (Lipinski definition) is 1. The van der Waals surface area contributed by atoms with Crippen LogP contribution in [-0.2, 0) is 6.42 Å². The number of rotatable bonds is 6. The van der Waals surface area contributed by atoms with E-state index in [0.717, 1.165) is 35.2 Å². The summed E-state index contributed by atoms with van der Waals surface area (Å²) in [6, 6.07) is 4.84. The molecule has 1 N–H and O–H groups in total. The van der Waals surface area contributed by atoms with E-state index in [2.05, 4.69) is 22.9 Å². The van der Waals surface area contributed by atoms with Gasteiger partial charge >= 0.3 is 0 Å². The molecule has 0 aromatic heterocycles. The topological polar surface area (TPSA) is 20.2 Å². The second-order valence-electron chi connectivity index (χ2n) is 6.66. The van der Waals surface area contributed by atoms with Crippen LogP contribution in [0.25, 0.3) is 0 Å². The molecule has 0 aliphatic heterocycles. The van der Waals surface area contributed by atoms with Crippen LogP contribution in [0.5, 0.6) is 0 Å². The largest absolute Gasteiger partial charge is 0.396 e. The second-order valence-corrected chi connectivity index (χ2v) is 7.51. The van der Waals surface area contributed by atoms with E-state index in [9.17, 15) is 9.50 Å². The molecule has 21 heavy (non-hydrogen) atoms. The molecule has 1 nitrogen and oxygen atoms in total. The summed E-state index contributed by atoms with van der Waals surface area (Å²) in [5.41, 5.74) is 0.926. The molecule has 3 heteroatoms. The zero-order valence-corrected chi connectivity index (χ0v) is 14.5. The van der Waals surface area contributed by atoms with Crippen molar-refractivity contribution in [2.45, 2.75) is 58.3 Å². The average molecular weight is 357 g/mol. The molecule has 0 radical (unpaired) electrons. The Hall–Kier alpha value is -0.410. The zero-order valence-electron chi connectivity index (χ0n) is 12.9. The van der Waals surface area contributed by atoms with Gasteiger partial charge in [-0.05, 0) is 67.2 Å². The van der Waals surface area contributed by atoms with E-state index < -0.39 is 0 Å². The third kappa shape index (κ3) is 4.53. The Morgan fingerprint density at radius 2 is 2.05 bits per heavy atom. The van der Waals surface area contributed by atoms with Gasteiger partial charge in [-0.3, -0.25) is 0 Å². The van der Waals surface area contributed by atoms with Crippen molar-refractivity contribution in [1.29, 1.82) is 0 Å². The molecule has 1 aliphatic rings. The molecule has 0 unspecified atom stereocenters. The number of unbranched alkanes of at least 4 members (excludes halogenated alkanes) is 1. The molecule has 0 amide bonds. The van der Waals surface area contributed by atoms with Crippen LogP contribution in [0.15, 0.2) is 22.7 Å². The van der Waals surface area contributed by atoms with Gasteiger partial charge in [0.25, 0.3) is 0 Å². The van der Waals surface area contributed by atoms with Gasteiger partial charge in [0.15, 0.2) is 0 Å². The van der Waals surface area contributed by atoms with Crippen molar-refractivity contribution in [3.05, 3.63) is 34.1 Å². The molecular weight excluding hydrogens is 331 g/mol. The molecule has 2 rings (SSSR count). The predicted octanol–water partition coefficient (Wildman–Crippen LogP) is 5.49. The molecule has 1 aromatic carbocycles. The van der Waals surface area contributed by atoms with Gasteiger partial charge in [-0.25, -0.2) is 4.39 Å². The summed E-state index contributed by atoms with van der Waals surface area (Å²) in [5, 5.41) is 9.92. The number of aliphatic hydroxyl groups excluding tert-OH is 1. The van der Waals surface area contributed by atoms with Gasteiger partial charge in [-0.15, -0.1) is 0 Å². The van der Waals surface area contributed by atoms with Crippen LogP contribution < -0.4 is 0 Å². The maximum atomic E-state index is 13.4. The van der Waals surface area contributed by atoms with Crippen LogP contribution in [-0.4, -0.2) is 11.7 Å². The first-order valence-corrected chi connectivity index (χ1v) is 8.92. The van der Waals surface area contributed by atoms with E-state index in [4.69, 9.17) is 0 Å². The normalized spacial score (nSPS) is 26.0. The van der Waals surface area contributed by atoms with Crippen molar-refractivity contribution >= 4 is 15.9 Å². The highest BCUT2D eigenvalue weighted by Gasteiger charge is 2.35. The van der Waals surface area contributed by atoms with Crippen LogP contribution >= 0.6 is 15.9 Å². The molecule has 0 atom stereocenters. The minimum Gasteiger partial charge on any atom is -0.396 e. The Kier molecular flexibility index (Phi) is 6.24. The van der Waals surface area contributed by atoms with Crippen LogP contribution in [0.4, 0.5) is 4.39 Å². The molecule has 0 saturated heterocycles. The van der Waals surface area contributed by atoms with Gasteiger partial charge in [0.05, 0.1) is 0 Å². The predicted molar refractivity (Wildman–Crippen MR) is 88.8 cm³/mol. The van der Waals surface area contributed by atoms with Gasteiger partial charge in [0, 0.05) is 11.1 Å². The van der Waals surface area contributed by atoms with Gasteiger partial charge in [-0.1, -0.05) is 42.1 Å². The third-order valence-electron chi connectivity index (χ3n) is 5.04. The van der Waals surface area contributed by atoms with Crippen molar-refractivity contribution in [2.75, 3.05) is 6.61 Å². The van der Waals surface area contributed by atoms with Gasteiger partial charge in [0.2, 0.25) is 0 Å². The number of halogens is 2. The van der Waals surface area contributed by atoms with Gasteiger partial charge < -0.3 is 5.11 Å². The monoisotopic (exact) mass is 356 g/mol. The van der Waals surface area contributed by atoms with Crippen LogP contribution in [0.3, 0.4) is 0 Å². The first-order valence-electron chi connectivity index (χ1n) is 8.13. The van der Waals surface area contributed by atoms with E-state index in [1.807, 2.05) is 0 Å². The van der Waals surface area contributed by atoms with Crippen molar-refractivity contribution in [3.8, 4) is 0 Å². The minimum atomic E-state index is -0.196. The van der Waals surface area contributed by atoms with Crippen molar-refractivity contribution in [3.63, 3.8) is 0 Å². The number of aliphatic hydroxyl groups is 1. The van der Waals surface area contributed by atoms with Gasteiger partial charge in [0.1, 0.15) is 5.82 Å². The Morgan fingerprint density at radius 1 is 1.33 bits per heavy atom. The highest BCUT2D eigenvalue weighted by atomic mass is 79.9. The van der Waals surface area contributed by atoms with Crippen molar-refractivity contribution < 1.29 is 9.50 Å². The van der Waals surface area contributed by atoms with E-state index in [1.54, 1.807) is 12.1 Å². The molecule has 1 aliphatic carbocycles. The maximum absolute atomic E-state index is 13.4. The fraction of sp³-hybridized carbons (Fsp3) is 0.667. The Bertz CT molecular complexity index is 453. The fourth-order valence-electron chi connectivity index (χ4n) is 3.55. The quantitative estimate of drug-likeness (QED) is 0.714. The highest BCUT2D eigenvalue weighted by molar-refractivity contribution is 9.10. The summed E-state index contributed by atoms with van der Waals surface area (Å²) in [6.45, 7) is 2.44. The lowest BCUT2D eigenvalue weighted by molar-refractivity contribution is 0.0619. The van der Waals surface area contributed by atoms with Crippen molar-refractivity contribution in [1.82, 2.24) is 0 Å². The Labute approximate surface area is 136 Å². The van der Waals surface area contributed by atoms with Crippen LogP contribution in [0.1, 0.15) is 57.4 Å². The van der Waals surface area contributed by atoms with Crippen LogP contribution in [0, 0.1) is 17.2 Å². The highest BCUT2D eigenvalue weighted by Crippen LogP contribution is 2.43. The molecule has 0 heterocycles. The summed E-state index contributed by atoms with van der Waals surface area (Å²) in [6.07, 6.45) is 9.18.